The zero-order valence-electron chi connectivity index (χ0n) is 17.6. The van der Waals surface area contributed by atoms with Crippen LogP contribution in [0.15, 0.2) is 53.4 Å². The highest BCUT2D eigenvalue weighted by atomic mass is 32.2. The van der Waals surface area contributed by atoms with Crippen molar-refractivity contribution in [2.24, 2.45) is 0 Å². The Kier molecular flexibility index (Phi) is 7.50. The number of unbranched alkanes of at least 4 members (excludes halogenated alkanes) is 3. The average Bonchev–Trinajstić information content (AvgIpc) is 2.78. The van der Waals surface area contributed by atoms with Crippen molar-refractivity contribution in [3.63, 3.8) is 0 Å². The van der Waals surface area contributed by atoms with Gasteiger partial charge in [0, 0.05) is 13.1 Å². The molecular formula is C23H30N2O4S. The van der Waals surface area contributed by atoms with Crippen molar-refractivity contribution in [2.75, 3.05) is 13.7 Å². The summed E-state index contributed by atoms with van der Waals surface area (Å²) in [4.78, 5) is 13.1. The molecule has 1 aliphatic rings. The van der Waals surface area contributed by atoms with Gasteiger partial charge >= 0.3 is 0 Å². The first-order chi connectivity index (χ1) is 14.5. The molecule has 1 amide bonds. The number of methoxy groups -OCH3 is 1. The second-order valence-electron chi connectivity index (χ2n) is 7.57. The monoisotopic (exact) mass is 430 g/mol. The van der Waals surface area contributed by atoms with Crippen LogP contribution in [-0.2, 0) is 27.8 Å². The van der Waals surface area contributed by atoms with Gasteiger partial charge in [0.2, 0.25) is 15.9 Å². The number of amides is 1. The van der Waals surface area contributed by atoms with E-state index in [9.17, 15) is 13.2 Å². The molecule has 2 aromatic rings. The van der Waals surface area contributed by atoms with E-state index in [1.807, 2.05) is 24.3 Å². The third kappa shape index (κ3) is 5.02. The Morgan fingerprint density at radius 1 is 1.07 bits per heavy atom. The molecule has 1 atom stereocenters. The number of ether oxygens (including phenoxy) is 1. The molecule has 30 heavy (non-hydrogen) atoms. The lowest BCUT2D eigenvalue weighted by molar-refractivity contribution is -0.125. The Hall–Kier alpha value is -2.38. The Morgan fingerprint density at radius 3 is 2.43 bits per heavy atom. The number of benzene rings is 2. The molecule has 0 fully saturated rings. The summed E-state index contributed by atoms with van der Waals surface area (Å²) in [5.41, 5.74) is 1.95. The van der Waals surface area contributed by atoms with Gasteiger partial charge in [0.15, 0.2) is 0 Å². The zero-order valence-corrected chi connectivity index (χ0v) is 18.5. The maximum absolute atomic E-state index is 13.4. The first-order valence-corrected chi connectivity index (χ1v) is 11.9. The van der Waals surface area contributed by atoms with Crippen LogP contribution in [0.3, 0.4) is 0 Å². The molecule has 0 spiro atoms. The van der Waals surface area contributed by atoms with Crippen LogP contribution >= 0.6 is 0 Å². The van der Waals surface area contributed by atoms with E-state index in [0.717, 1.165) is 36.8 Å². The van der Waals surface area contributed by atoms with Gasteiger partial charge in [0.25, 0.3) is 0 Å². The van der Waals surface area contributed by atoms with E-state index in [-0.39, 0.29) is 17.3 Å². The first kappa shape index (κ1) is 22.3. The predicted molar refractivity (Wildman–Crippen MR) is 117 cm³/mol. The van der Waals surface area contributed by atoms with E-state index in [2.05, 4.69) is 12.2 Å². The van der Waals surface area contributed by atoms with E-state index >= 15 is 0 Å². The lowest BCUT2D eigenvalue weighted by Gasteiger charge is -2.35. The number of carbonyl (C=O) groups is 1. The van der Waals surface area contributed by atoms with E-state index < -0.39 is 16.1 Å². The number of carbonyl (C=O) groups excluding carboxylic acids is 1. The van der Waals surface area contributed by atoms with Gasteiger partial charge in [-0.1, -0.05) is 50.5 Å². The maximum Gasteiger partial charge on any atom is 0.244 e. The maximum atomic E-state index is 13.4. The fourth-order valence-electron chi connectivity index (χ4n) is 3.74. The Labute approximate surface area is 179 Å². The fraction of sp³-hybridized carbons (Fsp3) is 0.435. The van der Waals surface area contributed by atoms with E-state index in [0.29, 0.717) is 18.7 Å². The second kappa shape index (κ2) is 10.1. The lowest BCUT2D eigenvalue weighted by atomic mass is 9.95. The molecule has 0 saturated heterocycles. The van der Waals surface area contributed by atoms with E-state index in [1.54, 1.807) is 12.1 Å². The summed E-state index contributed by atoms with van der Waals surface area (Å²) >= 11 is 0. The molecule has 0 radical (unpaired) electrons. The summed E-state index contributed by atoms with van der Waals surface area (Å²) in [6, 6.07) is 13.2. The van der Waals surface area contributed by atoms with Gasteiger partial charge in [-0.15, -0.1) is 0 Å². The van der Waals surface area contributed by atoms with Crippen molar-refractivity contribution in [3.05, 3.63) is 59.7 Å². The molecule has 1 heterocycles. The van der Waals surface area contributed by atoms with E-state index in [1.165, 1.54) is 23.5 Å². The minimum Gasteiger partial charge on any atom is -0.497 e. The third-order valence-corrected chi connectivity index (χ3v) is 7.37. The summed E-state index contributed by atoms with van der Waals surface area (Å²) in [6.45, 7) is 2.88. The van der Waals surface area contributed by atoms with Crippen LogP contribution in [0.5, 0.6) is 5.75 Å². The van der Waals surface area contributed by atoms with Crippen LogP contribution in [0.25, 0.3) is 0 Å². The number of sulfonamides is 1. The van der Waals surface area contributed by atoms with Gasteiger partial charge in [0.05, 0.1) is 12.0 Å². The van der Waals surface area contributed by atoms with Crippen LogP contribution in [0.2, 0.25) is 0 Å². The largest absolute Gasteiger partial charge is 0.497 e. The molecule has 6 nitrogen and oxygen atoms in total. The molecule has 2 aromatic carbocycles. The minimum absolute atomic E-state index is 0.156. The number of hydrogen-bond acceptors (Lipinski definition) is 4. The predicted octanol–water partition coefficient (Wildman–Crippen LogP) is 3.51. The fourth-order valence-corrected chi connectivity index (χ4v) is 5.30. The molecular weight excluding hydrogens is 400 g/mol. The standard InChI is InChI=1S/C23H30N2O4S/c1-3-4-5-8-15-24-23(26)22-16-18-9-6-7-10-19(18)17-25(22)30(27,28)21-13-11-20(29-2)12-14-21/h6-7,9-14,22H,3-5,8,15-17H2,1-2H3,(H,24,26). The van der Waals surface area contributed by atoms with Crippen molar-refractivity contribution < 1.29 is 17.9 Å². The number of rotatable bonds is 9. The van der Waals surface area contributed by atoms with Crippen LogP contribution in [0.1, 0.15) is 43.7 Å². The summed E-state index contributed by atoms with van der Waals surface area (Å²) in [5.74, 6) is 0.345. The Balaban J connectivity index is 1.85. The summed E-state index contributed by atoms with van der Waals surface area (Å²) in [7, 11) is -2.31. The molecule has 3 rings (SSSR count). The third-order valence-electron chi connectivity index (χ3n) is 5.50. The van der Waals surface area contributed by atoms with Gasteiger partial charge in [-0.3, -0.25) is 4.79 Å². The SMILES string of the molecule is CCCCCCNC(=O)C1Cc2ccccc2CN1S(=O)(=O)c1ccc(OC)cc1. The second-order valence-corrected chi connectivity index (χ2v) is 9.46. The number of nitrogens with one attached hydrogen (secondary N) is 1. The molecule has 0 aromatic heterocycles. The van der Waals surface area contributed by atoms with Crippen LogP contribution in [-0.4, -0.2) is 38.3 Å². The van der Waals surface area contributed by atoms with Crippen molar-refractivity contribution >= 4 is 15.9 Å². The van der Waals surface area contributed by atoms with Crippen molar-refractivity contribution in [1.29, 1.82) is 0 Å². The van der Waals surface area contributed by atoms with Crippen LogP contribution in [0, 0.1) is 0 Å². The van der Waals surface area contributed by atoms with Crippen LogP contribution in [0.4, 0.5) is 0 Å². The zero-order chi connectivity index (χ0) is 21.6. The molecule has 0 aliphatic carbocycles. The van der Waals surface area contributed by atoms with E-state index in [4.69, 9.17) is 4.74 Å². The van der Waals surface area contributed by atoms with Gasteiger partial charge in [-0.2, -0.15) is 4.31 Å². The summed E-state index contributed by atoms with van der Waals surface area (Å²) in [5, 5.41) is 2.95. The highest BCUT2D eigenvalue weighted by Gasteiger charge is 2.39. The average molecular weight is 431 g/mol. The van der Waals surface area contributed by atoms with Crippen molar-refractivity contribution in [2.45, 2.75) is 56.5 Å². The minimum atomic E-state index is -3.85. The topological polar surface area (TPSA) is 75.7 Å². The molecule has 1 N–H and O–H groups in total. The molecule has 162 valence electrons. The van der Waals surface area contributed by atoms with Crippen molar-refractivity contribution in [3.8, 4) is 5.75 Å². The van der Waals surface area contributed by atoms with Gasteiger partial charge in [0.1, 0.15) is 11.8 Å². The Bertz CT molecular complexity index is 957. The molecule has 0 saturated carbocycles. The summed E-state index contributed by atoms with van der Waals surface area (Å²) in [6.07, 6.45) is 4.57. The number of nitrogens with zero attached hydrogens (tertiary/aromatic N) is 1. The molecule has 0 bridgehead atoms. The molecule has 7 heteroatoms. The van der Waals surface area contributed by atoms with Gasteiger partial charge in [-0.25, -0.2) is 8.42 Å². The quantitative estimate of drug-likeness (QED) is 0.618. The molecule has 1 unspecified atom stereocenters. The summed E-state index contributed by atoms with van der Waals surface area (Å²) < 4.78 is 33.3. The smallest absolute Gasteiger partial charge is 0.244 e. The Morgan fingerprint density at radius 2 is 1.77 bits per heavy atom. The number of hydrogen-bond donors (Lipinski definition) is 1. The highest BCUT2D eigenvalue weighted by Crippen LogP contribution is 2.30. The van der Waals surface area contributed by atoms with Crippen LogP contribution < -0.4 is 10.1 Å². The lowest BCUT2D eigenvalue weighted by Crippen LogP contribution is -2.52. The molecule has 1 aliphatic heterocycles. The highest BCUT2D eigenvalue weighted by molar-refractivity contribution is 7.89. The van der Waals surface area contributed by atoms with Gasteiger partial charge < -0.3 is 10.1 Å². The van der Waals surface area contributed by atoms with Crippen molar-refractivity contribution in [1.82, 2.24) is 9.62 Å². The first-order valence-electron chi connectivity index (χ1n) is 10.5. The van der Waals surface area contributed by atoms with Gasteiger partial charge in [-0.05, 0) is 48.2 Å². The normalized spacial score (nSPS) is 16.7. The number of fused-ring (bicyclic) bond motifs is 1.